The van der Waals surface area contributed by atoms with E-state index in [2.05, 4.69) is 72.2 Å². The lowest BCUT2D eigenvalue weighted by molar-refractivity contribution is 0.282. The number of aryl methyl sites for hydroxylation is 2. The second-order valence-corrected chi connectivity index (χ2v) is 7.16. The Kier molecular flexibility index (Phi) is 5.32. The Morgan fingerprint density at radius 2 is 1.79 bits per heavy atom. The normalized spacial score (nSPS) is 11.2. The monoisotopic (exact) mass is 383 g/mol. The molecule has 2 aromatic carbocycles. The first kappa shape index (κ1) is 17.1. The lowest BCUT2D eigenvalue weighted by Gasteiger charge is -2.16. The van der Waals surface area contributed by atoms with E-state index in [0.29, 0.717) is 0 Å². The van der Waals surface area contributed by atoms with Crippen LogP contribution in [0.1, 0.15) is 41.3 Å². The van der Waals surface area contributed by atoms with Crippen LogP contribution < -0.4 is 0 Å². The van der Waals surface area contributed by atoms with Crippen LogP contribution in [0, 0.1) is 6.92 Å². The molecule has 0 aliphatic rings. The molecular weight excluding hydrogens is 362 g/mol. The lowest BCUT2D eigenvalue weighted by Crippen LogP contribution is -2.06. The van der Waals surface area contributed by atoms with E-state index in [-0.39, 0.29) is 6.61 Å². The maximum atomic E-state index is 10.1. The molecule has 0 saturated carbocycles. The molecule has 3 rings (SSSR count). The van der Waals surface area contributed by atoms with E-state index in [4.69, 9.17) is 4.98 Å². The molecule has 0 aliphatic carbocycles. The second kappa shape index (κ2) is 7.45. The van der Waals surface area contributed by atoms with Gasteiger partial charge in [-0.15, -0.1) is 0 Å². The molecule has 3 heteroatoms. The highest BCUT2D eigenvalue weighted by atomic mass is 79.9. The van der Waals surface area contributed by atoms with Crippen LogP contribution in [0.4, 0.5) is 0 Å². The van der Waals surface area contributed by atoms with Crippen LogP contribution in [0.25, 0.3) is 10.9 Å². The smallest absolute Gasteiger partial charge is 0.0709 e. The topological polar surface area (TPSA) is 33.1 Å². The van der Waals surface area contributed by atoms with Crippen molar-refractivity contribution in [3.8, 4) is 0 Å². The first-order valence-corrected chi connectivity index (χ1v) is 9.18. The Bertz CT molecular complexity index is 856. The van der Waals surface area contributed by atoms with Gasteiger partial charge in [0.05, 0.1) is 12.1 Å². The molecule has 0 atom stereocenters. The molecule has 0 unspecified atom stereocenters. The molecular formula is C21H22BrNO. The van der Waals surface area contributed by atoms with E-state index in [1.165, 1.54) is 16.7 Å². The van der Waals surface area contributed by atoms with Crippen LogP contribution in [-0.2, 0) is 19.4 Å². The minimum Gasteiger partial charge on any atom is -0.392 e. The summed E-state index contributed by atoms with van der Waals surface area (Å²) in [5.41, 5.74) is 6.72. The number of pyridine rings is 1. The van der Waals surface area contributed by atoms with Crippen molar-refractivity contribution < 1.29 is 5.11 Å². The summed E-state index contributed by atoms with van der Waals surface area (Å²) in [7, 11) is 0. The molecule has 3 aromatic rings. The van der Waals surface area contributed by atoms with Crippen molar-refractivity contribution in [3.05, 3.63) is 74.9 Å². The molecule has 2 nitrogen and oxygen atoms in total. The average molecular weight is 384 g/mol. The molecule has 124 valence electrons. The Morgan fingerprint density at radius 3 is 2.46 bits per heavy atom. The van der Waals surface area contributed by atoms with Crippen molar-refractivity contribution in [2.24, 2.45) is 0 Å². The lowest BCUT2D eigenvalue weighted by atomic mass is 9.93. The van der Waals surface area contributed by atoms with Gasteiger partial charge < -0.3 is 5.11 Å². The van der Waals surface area contributed by atoms with Gasteiger partial charge in [-0.1, -0.05) is 53.0 Å². The molecule has 1 aromatic heterocycles. The molecule has 0 radical (unpaired) electrons. The number of nitrogens with zero attached hydrogens (tertiary/aromatic N) is 1. The Balaban J connectivity index is 2.18. The van der Waals surface area contributed by atoms with Crippen LogP contribution in [0.2, 0.25) is 0 Å². The SMILES string of the molecule is CCCc1nc2ccc(C)cc2c(CO)c1Cc1ccc(Br)cc1. The molecule has 0 fully saturated rings. The molecule has 0 amide bonds. The molecule has 1 N–H and O–H groups in total. The number of halogens is 1. The first-order chi connectivity index (χ1) is 11.6. The van der Waals surface area contributed by atoms with Crippen LogP contribution >= 0.6 is 15.9 Å². The predicted molar refractivity (Wildman–Crippen MR) is 103 cm³/mol. The van der Waals surface area contributed by atoms with E-state index >= 15 is 0 Å². The number of hydrogen-bond acceptors (Lipinski definition) is 2. The van der Waals surface area contributed by atoms with Crippen LogP contribution in [-0.4, -0.2) is 10.1 Å². The number of hydrogen-bond donors (Lipinski definition) is 1. The van der Waals surface area contributed by atoms with Gasteiger partial charge >= 0.3 is 0 Å². The van der Waals surface area contributed by atoms with Crippen molar-refractivity contribution in [2.45, 2.75) is 39.7 Å². The highest BCUT2D eigenvalue weighted by molar-refractivity contribution is 9.10. The summed E-state index contributed by atoms with van der Waals surface area (Å²) in [5, 5.41) is 11.2. The van der Waals surface area contributed by atoms with Crippen molar-refractivity contribution in [1.82, 2.24) is 4.98 Å². The third-order valence-electron chi connectivity index (χ3n) is 4.38. The largest absolute Gasteiger partial charge is 0.392 e. The fraction of sp³-hybridized carbons (Fsp3) is 0.286. The standard InChI is InChI=1S/C21H22BrNO/c1-3-4-20-18(12-15-6-8-16(22)9-7-15)19(13-24)17-11-14(2)5-10-21(17)23-20/h5-11,24H,3-4,12-13H2,1-2H3. The zero-order valence-corrected chi connectivity index (χ0v) is 15.7. The maximum absolute atomic E-state index is 10.1. The van der Waals surface area contributed by atoms with Gasteiger partial charge in [-0.2, -0.15) is 0 Å². The fourth-order valence-corrected chi connectivity index (χ4v) is 3.44. The molecule has 0 aliphatic heterocycles. The fourth-order valence-electron chi connectivity index (χ4n) is 3.18. The quantitative estimate of drug-likeness (QED) is 0.644. The second-order valence-electron chi connectivity index (χ2n) is 6.25. The molecule has 0 bridgehead atoms. The third-order valence-corrected chi connectivity index (χ3v) is 4.91. The van der Waals surface area contributed by atoms with Gasteiger partial charge in [0.2, 0.25) is 0 Å². The van der Waals surface area contributed by atoms with E-state index in [1.54, 1.807) is 0 Å². The number of fused-ring (bicyclic) bond motifs is 1. The molecule has 0 saturated heterocycles. The van der Waals surface area contributed by atoms with Crippen LogP contribution in [0.3, 0.4) is 0 Å². The van der Waals surface area contributed by atoms with Crippen LogP contribution in [0.5, 0.6) is 0 Å². The summed E-state index contributed by atoms with van der Waals surface area (Å²) in [6, 6.07) is 14.7. The number of aromatic nitrogens is 1. The highest BCUT2D eigenvalue weighted by Gasteiger charge is 2.15. The Labute approximate surface area is 151 Å². The van der Waals surface area contributed by atoms with Gasteiger partial charge in [0.25, 0.3) is 0 Å². The zero-order chi connectivity index (χ0) is 17.1. The van der Waals surface area contributed by atoms with E-state index < -0.39 is 0 Å². The Hall–Kier alpha value is -1.71. The molecule has 24 heavy (non-hydrogen) atoms. The number of aliphatic hydroxyl groups is 1. The summed E-state index contributed by atoms with van der Waals surface area (Å²) in [6.07, 6.45) is 2.78. The third kappa shape index (κ3) is 3.52. The summed E-state index contributed by atoms with van der Waals surface area (Å²) in [6.45, 7) is 4.29. The van der Waals surface area contributed by atoms with Gasteiger partial charge in [-0.3, -0.25) is 4.98 Å². The highest BCUT2D eigenvalue weighted by Crippen LogP contribution is 2.28. The number of rotatable bonds is 5. The average Bonchev–Trinajstić information content (AvgIpc) is 2.58. The van der Waals surface area contributed by atoms with Crippen molar-refractivity contribution >= 4 is 26.8 Å². The first-order valence-electron chi connectivity index (χ1n) is 8.38. The number of aliphatic hydroxyl groups excluding tert-OH is 1. The summed E-state index contributed by atoms with van der Waals surface area (Å²) < 4.78 is 1.08. The van der Waals surface area contributed by atoms with Crippen molar-refractivity contribution in [2.75, 3.05) is 0 Å². The predicted octanol–water partition coefficient (Wildman–Crippen LogP) is 5.34. The maximum Gasteiger partial charge on any atom is 0.0709 e. The molecule has 0 spiro atoms. The minimum atomic E-state index is 0.0467. The van der Waals surface area contributed by atoms with Gasteiger partial charge in [-0.05, 0) is 60.7 Å². The van der Waals surface area contributed by atoms with E-state index in [1.807, 2.05) is 0 Å². The van der Waals surface area contributed by atoms with Gasteiger partial charge in [-0.25, -0.2) is 0 Å². The van der Waals surface area contributed by atoms with Crippen molar-refractivity contribution in [1.29, 1.82) is 0 Å². The summed E-state index contributed by atoms with van der Waals surface area (Å²) in [5.74, 6) is 0. The van der Waals surface area contributed by atoms with Crippen molar-refractivity contribution in [3.63, 3.8) is 0 Å². The van der Waals surface area contributed by atoms with E-state index in [0.717, 1.165) is 45.9 Å². The Morgan fingerprint density at radius 1 is 1.04 bits per heavy atom. The minimum absolute atomic E-state index is 0.0467. The summed E-state index contributed by atoms with van der Waals surface area (Å²) in [4.78, 5) is 4.91. The summed E-state index contributed by atoms with van der Waals surface area (Å²) >= 11 is 3.49. The van der Waals surface area contributed by atoms with Crippen LogP contribution in [0.15, 0.2) is 46.9 Å². The molecule has 1 heterocycles. The van der Waals surface area contributed by atoms with Gasteiger partial charge in [0.15, 0.2) is 0 Å². The van der Waals surface area contributed by atoms with Gasteiger partial charge in [0.1, 0.15) is 0 Å². The zero-order valence-electron chi connectivity index (χ0n) is 14.1. The number of benzene rings is 2. The van der Waals surface area contributed by atoms with Gasteiger partial charge in [0, 0.05) is 15.6 Å². The van der Waals surface area contributed by atoms with E-state index in [9.17, 15) is 5.11 Å².